The molecule has 124 valence electrons. The summed E-state index contributed by atoms with van der Waals surface area (Å²) in [6, 6.07) is 10.1. The van der Waals surface area contributed by atoms with Gasteiger partial charge in [-0.1, -0.05) is 47.5 Å². The molecule has 0 fully saturated rings. The van der Waals surface area contributed by atoms with Crippen LogP contribution in [0.4, 0.5) is 13.2 Å². The van der Waals surface area contributed by atoms with Crippen molar-refractivity contribution in [2.75, 3.05) is 0 Å². The number of hydrogen-bond acceptors (Lipinski definition) is 3. The Balaban J connectivity index is 2.05. The molecule has 1 heterocycles. The van der Waals surface area contributed by atoms with Crippen molar-refractivity contribution < 1.29 is 13.2 Å². The molecule has 0 aliphatic carbocycles. The Labute approximate surface area is 144 Å². The van der Waals surface area contributed by atoms with E-state index in [0.717, 1.165) is 6.07 Å². The minimum Gasteiger partial charge on any atom is -0.221 e. The van der Waals surface area contributed by atoms with Crippen LogP contribution in [0.3, 0.4) is 0 Å². The summed E-state index contributed by atoms with van der Waals surface area (Å²) in [7, 11) is 0. The first-order valence-corrected chi connectivity index (χ1v) is 7.49. The predicted molar refractivity (Wildman–Crippen MR) is 83.8 cm³/mol. The van der Waals surface area contributed by atoms with E-state index in [-0.39, 0.29) is 17.9 Å². The van der Waals surface area contributed by atoms with Crippen LogP contribution in [0.25, 0.3) is 11.4 Å². The van der Waals surface area contributed by atoms with Gasteiger partial charge in [0.25, 0.3) is 0 Å². The van der Waals surface area contributed by atoms with E-state index in [4.69, 9.17) is 23.2 Å². The van der Waals surface area contributed by atoms with Gasteiger partial charge in [0.1, 0.15) is 0 Å². The second-order valence-electron chi connectivity index (χ2n) is 4.91. The molecule has 0 radical (unpaired) electrons. The molecule has 0 aliphatic heterocycles. The summed E-state index contributed by atoms with van der Waals surface area (Å²) in [5.41, 5.74) is -0.325. The van der Waals surface area contributed by atoms with Gasteiger partial charge in [-0.2, -0.15) is 13.2 Å². The number of benzene rings is 2. The van der Waals surface area contributed by atoms with Crippen LogP contribution in [-0.2, 0) is 12.7 Å². The Morgan fingerprint density at radius 2 is 1.62 bits per heavy atom. The van der Waals surface area contributed by atoms with Crippen molar-refractivity contribution in [1.82, 2.24) is 20.2 Å². The number of alkyl halides is 3. The second-order valence-corrected chi connectivity index (χ2v) is 5.73. The highest BCUT2D eigenvalue weighted by Crippen LogP contribution is 2.35. The zero-order valence-electron chi connectivity index (χ0n) is 11.9. The number of halogens is 5. The maximum Gasteiger partial charge on any atom is 0.416 e. The highest BCUT2D eigenvalue weighted by atomic mass is 35.5. The molecule has 0 N–H and O–H groups in total. The van der Waals surface area contributed by atoms with Gasteiger partial charge in [-0.3, -0.25) is 0 Å². The lowest BCUT2D eigenvalue weighted by Crippen LogP contribution is -2.13. The van der Waals surface area contributed by atoms with Gasteiger partial charge in [-0.15, -0.1) is 5.10 Å². The molecule has 3 aromatic rings. The van der Waals surface area contributed by atoms with Crippen molar-refractivity contribution in [2.45, 2.75) is 12.7 Å². The molecule has 0 spiro atoms. The summed E-state index contributed by atoms with van der Waals surface area (Å²) in [4.78, 5) is 0. The van der Waals surface area contributed by atoms with Crippen LogP contribution in [-0.4, -0.2) is 20.2 Å². The molecule has 4 nitrogen and oxygen atoms in total. The number of aromatic nitrogens is 4. The number of nitrogens with zero attached hydrogens (tertiary/aromatic N) is 4. The fourth-order valence-corrected chi connectivity index (χ4v) is 2.86. The molecule has 0 unspecified atom stereocenters. The van der Waals surface area contributed by atoms with E-state index in [1.807, 2.05) is 0 Å². The van der Waals surface area contributed by atoms with Crippen LogP contribution in [0.2, 0.25) is 10.0 Å². The topological polar surface area (TPSA) is 43.6 Å². The Morgan fingerprint density at radius 1 is 0.958 bits per heavy atom. The third-order valence-electron chi connectivity index (χ3n) is 3.36. The zero-order chi connectivity index (χ0) is 17.3. The van der Waals surface area contributed by atoms with Gasteiger partial charge in [-0.25, -0.2) is 4.68 Å². The number of tetrazole rings is 1. The molecule has 3 rings (SSSR count). The fraction of sp³-hybridized carbons (Fsp3) is 0.133. The molecule has 0 aliphatic rings. The summed E-state index contributed by atoms with van der Waals surface area (Å²) in [6.45, 7) is -0.167. The highest BCUT2D eigenvalue weighted by Gasteiger charge is 2.33. The van der Waals surface area contributed by atoms with Crippen molar-refractivity contribution in [3.63, 3.8) is 0 Å². The van der Waals surface area contributed by atoms with Crippen LogP contribution in [0, 0.1) is 0 Å². The van der Waals surface area contributed by atoms with Gasteiger partial charge < -0.3 is 0 Å². The third kappa shape index (κ3) is 3.22. The minimum atomic E-state index is -4.47. The summed E-state index contributed by atoms with van der Waals surface area (Å²) in [6.07, 6.45) is -4.47. The smallest absolute Gasteiger partial charge is 0.221 e. The molecule has 0 bridgehead atoms. The maximum atomic E-state index is 13.1. The van der Waals surface area contributed by atoms with Gasteiger partial charge >= 0.3 is 6.18 Å². The van der Waals surface area contributed by atoms with E-state index in [1.165, 1.54) is 22.9 Å². The van der Waals surface area contributed by atoms with Crippen LogP contribution in [0.5, 0.6) is 0 Å². The Kier molecular flexibility index (Phi) is 4.47. The first-order chi connectivity index (χ1) is 11.4. The first kappa shape index (κ1) is 16.7. The first-order valence-electron chi connectivity index (χ1n) is 6.73. The zero-order valence-corrected chi connectivity index (χ0v) is 13.4. The monoisotopic (exact) mass is 372 g/mol. The molecule has 0 saturated heterocycles. The van der Waals surface area contributed by atoms with E-state index in [9.17, 15) is 13.2 Å². The molecule has 0 atom stereocenters. The molecule has 0 saturated carbocycles. The van der Waals surface area contributed by atoms with Crippen LogP contribution in [0.1, 0.15) is 11.1 Å². The fourth-order valence-electron chi connectivity index (χ4n) is 2.30. The van der Waals surface area contributed by atoms with E-state index in [2.05, 4.69) is 15.5 Å². The summed E-state index contributed by atoms with van der Waals surface area (Å²) in [5, 5.41) is 11.8. The Hall–Kier alpha value is -2.12. The molecule has 2 aromatic carbocycles. The summed E-state index contributed by atoms with van der Waals surface area (Å²) in [5.74, 6) is 0.197. The molecule has 0 amide bonds. The van der Waals surface area contributed by atoms with E-state index in [1.54, 1.807) is 18.2 Å². The summed E-state index contributed by atoms with van der Waals surface area (Å²) >= 11 is 12.3. The van der Waals surface area contributed by atoms with Crippen LogP contribution < -0.4 is 0 Å². The van der Waals surface area contributed by atoms with Crippen molar-refractivity contribution in [1.29, 1.82) is 0 Å². The lowest BCUT2D eigenvalue weighted by atomic mass is 10.1. The van der Waals surface area contributed by atoms with E-state index in [0.29, 0.717) is 15.6 Å². The van der Waals surface area contributed by atoms with E-state index < -0.39 is 11.7 Å². The largest absolute Gasteiger partial charge is 0.416 e. The highest BCUT2D eigenvalue weighted by molar-refractivity contribution is 6.38. The van der Waals surface area contributed by atoms with Crippen molar-refractivity contribution in [2.24, 2.45) is 0 Å². The van der Waals surface area contributed by atoms with Gasteiger partial charge in [0.15, 0.2) is 5.82 Å². The van der Waals surface area contributed by atoms with Crippen molar-refractivity contribution in [3.05, 3.63) is 63.6 Å². The van der Waals surface area contributed by atoms with Gasteiger partial charge in [-0.05, 0) is 34.2 Å². The van der Waals surface area contributed by atoms with E-state index >= 15 is 0 Å². The van der Waals surface area contributed by atoms with Gasteiger partial charge in [0.2, 0.25) is 0 Å². The normalized spacial score (nSPS) is 11.7. The molecule has 9 heteroatoms. The maximum absolute atomic E-state index is 13.1. The van der Waals surface area contributed by atoms with Crippen molar-refractivity contribution >= 4 is 23.2 Å². The van der Waals surface area contributed by atoms with Crippen molar-refractivity contribution in [3.8, 4) is 11.4 Å². The SMILES string of the molecule is FC(F)(F)c1ccccc1Cn1nnnc1-c1c(Cl)cccc1Cl. The minimum absolute atomic E-state index is 0.0433. The average Bonchev–Trinajstić information content (AvgIpc) is 2.94. The van der Waals surface area contributed by atoms with Crippen LogP contribution in [0.15, 0.2) is 42.5 Å². The molecule has 1 aromatic heterocycles. The second kappa shape index (κ2) is 6.41. The quantitative estimate of drug-likeness (QED) is 0.668. The summed E-state index contributed by atoms with van der Waals surface area (Å²) < 4.78 is 40.6. The lowest BCUT2D eigenvalue weighted by molar-refractivity contribution is -0.138. The predicted octanol–water partition coefficient (Wildman–Crippen LogP) is 4.71. The van der Waals surface area contributed by atoms with Crippen LogP contribution >= 0.6 is 23.2 Å². The third-order valence-corrected chi connectivity index (χ3v) is 3.99. The lowest BCUT2D eigenvalue weighted by Gasteiger charge is -2.13. The standard InChI is InChI=1S/C15H9Cl2F3N4/c16-11-6-3-7-12(17)13(11)14-21-22-23-24(14)8-9-4-1-2-5-10(9)15(18,19)20/h1-7H,8H2. The number of hydrogen-bond donors (Lipinski definition) is 0. The van der Waals surface area contributed by atoms with Gasteiger partial charge in [0.05, 0.1) is 27.7 Å². The molecular formula is C15H9Cl2F3N4. The van der Waals surface area contributed by atoms with Gasteiger partial charge in [0, 0.05) is 0 Å². The number of rotatable bonds is 3. The Morgan fingerprint density at radius 3 is 2.29 bits per heavy atom. The molecular weight excluding hydrogens is 364 g/mol. The Bertz CT molecular complexity index is 857. The molecule has 24 heavy (non-hydrogen) atoms. The average molecular weight is 373 g/mol.